The van der Waals surface area contributed by atoms with E-state index >= 15 is 0 Å². The van der Waals surface area contributed by atoms with Gasteiger partial charge in [0.1, 0.15) is 5.76 Å². The van der Waals surface area contributed by atoms with E-state index in [0.717, 1.165) is 12.1 Å². The first kappa shape index (κ1) is 33.0. The van der Waals surface area contributed by atoms with Gasteiger partial charge in [0.05, 0.1) is 0 Å². The smallest absolute Gasteiger partial charge is 0.115 e. The maximum absolute atomic E-state index is 8.90. The van der Waals surface area contributed by atoms with E-state index in [2.05, 4.69) is 73.0 Å². The zero-order valence-electron chi connectivity index (χ0n) is 24.6. The third-order valence-corrected chi connectivity index (χ3v) is 7.39. The summed E-state index contributed by atoms with van der Waals surface area (Å²) in [5.74, 6) is 0.810. The molecule has 0 aromatic carbocycles. The summed E-state index contributed by atoms with van der Waals surface area (Å²) in [6.07, 6.45) is 21.1. The van der Waals surface area contributed by atoms with Gasteiger partial charge in [0, 0.05) is 17.2 Å². The second-order valence-corrected chi connectivity index (χ2v) is 11.6. The Morgan fingerprint density at radius 3 is 2.26 bits per heavy atom. The van der Waals surface area contributed by atoms with Crippen LogP contribution >= 0.6 is 0 Å². The Morgan fingerprint density at radius 1 is 1.11 bits per heavy atom. The molecular formula is C33H57NO. The molecule has 0 saturated heterocycles. The van der Waals surface area contributed by atoms with Crippen LogP contribution in [0, 0.1) is 16.7 Å². The Morgan fingerprint density at radius 2 is 1.77 bits per heavy atom. The van der Waals surface area contributed by atoms with E-state index in [4.69, 9.17) is 5.11 Å². The summed E-state index contributed by atoms with van der Waals surface area (Å²) in [5.41, 5.74) is 4.51. The highest BCUT2D eigenvalue weighted by Crippen LogP contribution is 2.39. The standard InChI is InChI=1S/C25H45N.C8H12O/c1-10-24(6,7)18-14-15-20(4)23(19(2)3)26-21(5)25(8,9)22-16-12-11-13-17-22;1-3-5-7-8(9)6-4-2/h16,19,23,26H,4-5,10-15,17-18H2,1-3,6-9H3;3-7,9H,1-2H3/b;5-3?,6-4-,8-7+. The van der Waals surface area contributed by atoms with Crippen LogP contribution in [-0.2, 0) is 0 Å². The van der Waals surface area contributed by atoms with Gasteiger partial charge in [-0.1, -0.05) is 103 Å². The molecule has 1 aliphatic carbocycles. The summed E-state index contributed by atoms with van der Waals surface area (Å²) >= 11 is 0. The van der Waals surface area contributed by atoms with Gasteiger partial charge in [0.25, 0.3) is 0 Å². The maximum atomic E-state index is 8.90. The predicted molar refractivity (Wildman–Crippen MR) is 159 cm³/mol. The van der Waals surface area contributed by atoms with Crippen LogP contribution in [0.4, 0.5) is 0 Å². The monoisotopic (exact) mass is 483 g/mol. The molecule has 2 nitrogen and oxygen atoms in total. The Bertz CT molecular complexity index is 758. The van der Waals surface area contributed by atoms with Crippen LogP contribution in [0.25, 0.3) is 0 Å². The van der Waals surface area contributed by atoms with Crippen molar-refractivity contribution in [3.8, 4) is 0 Å². The topological polar surface area (TPSA) is 32.3 Å². The van der Waals surface area contributed by atoms with Gasteiger partial charge < -0.3 is 10.4 Å². The fraction of sp³-hybridized carbons (Fsp3) is 0.636. The van der Waals surface area contributed by atoms with E-state index in [1.165, 1.54) is 50.5 Å². The fourth-order valence-corrected chi connectivity index (χ4v) is 4.26. The highest BCUT2D eigenvalue weighted by molar-refractivity contribution is 5.27. The highest BCUT2D eigenvalue weighted by atomic mass is 16.3. The minimum atomic E-state index is 0.0258. The molecule has 0 aromatic rings. The summed E-state index contributed by atoms with van der Waals surface area (Å²) in [7, 11) is 0. The summed E-state index contributed by atoms with van der Waals surface area (Å²) in [6, 6.07) is 0.315. The van der Waals surface area contributed by atoms with E-state index < -0.39 is 0 Å². The first-order valence-corrected chi connectivity index (χ1v) is 13.8. The van der Waals surface area contributed by atoms with Gasteiger partial charge in [-0.3, -0.25) is 0 Å². The summed E-state index contributed by atoms with van der Waals surface area (Å²) in [4.78, 5) is 0. The molecule has 2 heteroatoms. The molecule has 2 N–H and O–H groups in total. The summed E-state index contributed by atoms with van der Waals surface area (Å²) < 4.78 is 0. The van der Waals surface area contributed by atoms with Crippen LogP contribution < -0.4 is 5.32 Å². The molecule has 0 radical (unpaired) electrons. The molecule has 0 amide bonds. The van der Waals surface area contributed by atoms with Gasteiger partial charge >= 0.3 is 0 Å². The van der Waals surface area contributed by atoms with Crippen LogP contribution in [0.3, 0.4) is 0 Å². The predicted octanol–water partition coefficient (Wildman–Crippen LogP) is 10.4. The van der Waals surface area contributed by atoms with E-state index in [9.17, 15) is 0 Å². The van der Waals surface area contributed by atoms with Crippen molar-refractivity contribution >= 4 is 0 Å². The zero-order valence-corrected chi connectivity index (χ0v) is 24.6. The normalized spacial score (nSPS) is 16.2. The lowest BCUT2D eigenvalue weighted by Gasteiger charge is -2.37. The molecule has 0 bridgehead atoms. The second-order valence-electron chi connectivity index (χ2n) is 11.6. The molecular weight excluding hydrogens is 426 g/mol. The van der Waals surface area contributed by atoms with Gasteiger partial charge in [-0.25, -0.2) is 0 Å². The van der Waals surface area contributed by atoms with Crippen molar-refractivity contribution in [1.82, 2.24) is 5.32 Å². The molecule has 0 aromatic heterocycles. The Labute approximate surface area is 219 Å². The van der Waals surface area contributed by atoms with Crippen LogP contribution in [0.15, 0.2) is 72.2 Å². The Balaban J connectivity index is 0.00000109. The average molecular weight is 484 g/mol. The molecule has 0 spiro atoms. The number of rotatable bonds is 13. The SMILES string of the molecule is C=C(CCCC(C)(C)CC)C(NC(=C)C(C)(C)C1=CCCCC1)C(C)C.CC=C/C=C(O)\C=C/C. The van der Waals surface area contributed by atoms with E-state index in [0.29, 0.717) is 17.4 Å². The molecule has 200 valence electrons. The minimum absolute atomic E-state index is 0.0258. The first-order valence-electron chi connectivity index (χ1n) is 13.8. The third kappa shape index (κ3) is 13.1. The van der Waals surface area contributed by atoms with Crippen molar-refractivity contribution < 1.29 is 5.11 Å². The van der Waals surface area contributed by atoms with Crippen LogP contribution in [0.1, 0.15) is 114 Å². The van der Waals surface area contributed by atoms with Crippen LogP contribution in [-0.4, -0.2) is 11.1 Å². The lowest BCUT2D eigenvalue weighted by molar-refractivity contribution is 0.310. The molecule has 0 aliphatic heterocycles. The Kier molecular flexibility index (Phi) is 15.7. The minimum Gasteiger partial charge on any atom is -0.508 e. The zero-order chi connectivity index (χ0) is 27.1. The number of nitrogens with one attached hydrogen (secondary N) is 1. The van der Waals surface area contributed by atoms with Crippen molar-refractivity contribution in [3.05, 3.63) is 72.2 Å². The van der Waals surface area contributed by atoms with Gasteiger partial charge in [-0.2, -0.15) is 0 Å². The molecule has 1 rings (SSSR count). The first-order chi connectivity index (χ1) is 16.3. The maximum Gasteiger partial charge on any atom is 0.115 e. The van der Waals surface area contributed by atoms with Gasteiger partial charge in [0.2, 0.25) is 0 Å². The summed E-state index contributed by atoms with van der Waals surface area (Å²) in [5, 5.41) is 12.7. The fourth-order valence-electron chi connectivity index (χ4n) is 4.26. The summed E-state index contributed by atoms with van der Waals surface area (Å²) in [6.45, 7) is 28.9. The number of aliphatic hydroxyl groups excluding tert-OH is 1. The van der Waals surface area contributed by atoms with Gasteiger partial charge in [-0.15, -0.1) is 0 Å². The van der Waals surface area contributed by atoms with Crippen molar-refractivity contribution in [3.63, 3.8) is 0 Å². The van der Waals surface area contributed by atoms with Crippen molar-refractivity contribution in [1.29, 1.82) is 0 Å². The van der Waals surface area contributed by atoms with Gasteiger partial charge in [0.15, 0.2) is 0 Å². The quantitative estimate of drug-likeness (QED) is 0.155. The Hall–Kier alpha value is -1.96. The molecule has 35 heavy (non-hydrogen) atoms. The molecule has 1 atom stereocenters. The van der Waals surface area contributed by atoms with E-state index in [1.807, 2.05) is 19.9 Å². The number of hydrogen-bond acceptors (Lipinski definition) is 2. The van der Waals surface area contributed by atoms with E-state index in [-0.39, 0.29) is 11.2 Å². The largest absolute Gasteiger partial charge is 0.508 e. The van der Waals surface area contributed by atoms with Crippen LogP contribution in [0.5, 0.6) is 0 Å². The molecule has 1 aliphatic rings. The van der Waals surface area contributed by atoms with Crippen molar-refractivity contribution in [2.45, 2.75) is 120 Å². The lowest BCUT2D eigenvalue weighted by Crippen LogP contribution is -2.39. The second kappa shape index (κ2) is 16.7. The van der Waals surface area contributed by atoms with Crippen molar-refractivity contribution in [2.75, 3.05) is 0 Å². The number of allylic oxidation sites excluding steroid dienone is 7. The average Bonchev–Trinajstić information content (AvgIpc) is 2.81. The highest BCUT2D eigenvalue weighted by Gasteiger charge is 2.30. The number of hydrogen-bond donors (Lipinski definition) is 2. The molecule has 1 unspecified atom stereocenters. The van der Waals surface area contributed by atoms with Crippen LogP contribution in [0.2, 0.25) is 0 Å². The van der Waals surface area contributed by atoms with Gasteiger partial charge in [-0.05, 0) is 82.3 Å². The molecule has 0 heterocycles. The third-order valence-electron chi connectivity index (χ3n) is 7.39. The molecule has 0 saturated carbocycles. The lowest BCUT2D eigenvalue weighted by atomic mass is 9.76. The van der Waals surface area contributed by atoms with E-state index in [1.54, 1.807) is 29.9 Å². The number of aliphatic hydroxyl groups is 1. The van der Waals surface area contributed by atoms with Crippen molar-refractivity contribution in [2.24, 2.45) is 16.7 Å². The molecule has 0 fully saturated rings.